The largest absolute Gasteiger partial charge is 0.492 e. The summed E-state index contributed by atoms with van der Waals surface area (Å²) in [6.07, 6.45) is 12.6. The number of ketones is 1. The van der Waals surface area contributed by atoms with Gasteiger partial charge in [-0.2, -0.15) is 0 Å². The number of hydrogen-bond acceptors (Lipinski definition) is 6. The number of fused-ring (bicyclic) bond motifs is 7. The number of ether oxygens (including phenoxy) is 3. The van der Waals surface area contributed by atoms with Crippen molar-refractivity contribution in [3.63, 3.8) is 0 Å². The van der Waals surface area contributed by atoms with Crippen molar-refractivity contribution >= 4 is 5.78 Å². The molecule has 1 aromatic carbocycles. The molecule has 3 saturated carbocycles. The summed E-state index contributed by atoms with van der Waals surface area (Å²) in [5, 5.41) is 10.4. The standard InChI is InChI=1S/C33H45NO5/c1-32-12-9-21(35)16-20(32)5-6-22-23-7-8-25(33(23,2)13-10-24(22)32)27(36)17-26-29-19(11-14-34(26)3)15-28-30(31(29)37-4)39-18-38-28/h8,15,20-24,26,35H,5-7,9-14,16-18H2,1-4H3/t20-,21-,22-,23+,24-,26-,32-,33-/m0/s1. The SMILES string of the molecule is COc1c2c(cc3c1[C@H](CC(=O)C1=CC[C@@H]4[C@@H]5CC[C@H]6C[C@@H](O)CC[C@]6(C)[C@H]5CC[C@]14C)N(C)CC3)OCO2. The van der Waals surface area contributed by atoms with Crippen LogP contribution in [0.5, 0.6) is 17.2 Å². The number of carbonyl (C=O) groups is 1. The zero-order valence-corrected chi connectivity index (χ0v) is 24.1. The molecule has 39 heavy (non-hydrogen) atoms. The fraction of sp³-hybridized carbons (Fsp3) is 0.727. The Morgan fingerprint density at radius 2 is 2.00 bits per heavy atom. The Morgan fingerprint density at radius 3 is 2.82 bits per heavy atom. The Morgan fingerprint density at radius 1 is 1.15 bits per heavy atom. The monoisotopic (exact) mass is 535 g/mol. The lowest BCUT2D eigenvalue weighted by molar-refractivity contribution is -0.126. The molecule has 7 rings (SSSR count). The summed E-state index contributed by atoms with van der Waals surface area (Å²) in [6, 6.07) is 2.06. The van der Waals surface area contributed by atoms with Gasteiger partial charge in [-0.1, -0.05) is 19.9 Å². The molecule has 0 radical (unpaired) electrons. The van der Waals surface area contributed by atoms with Crippen LogP contribution in [-0.2, 0) is 11.2 Å². The van der Waals surface area contributed by atoms with Crippen LogP contribution in [0, 0.1) is 34.5 Å². The second kappa shape index (κ2) is 9.24. The topological polar surface area (TPSA) is 68.2 Å². The van der Waals surface area contributed by atoms with Gasteiger partial charge in [0.25, 0.3) is 0 Å². The number of allylic oxidation sites excluding steroid dienone is 2. The third kappa shape index (κ3) is 3.76. The minimum absolute atomic E-state index is 0.0231. The molecule has 1 aromatic rings. The van der Waals surface area contributed by atoms with Crippen LogP contribution < -0.4 is 14.2 Å². The summed E-state index contributed by atoms with van der Waals surface area (Å²) in [5.74, 6) is 5.12. The van der Waals surface area contributed by atoms with Crippen molar-refractivity contribution in [2.45, 2.75) is 90.2 Å². The number of benzene rings is 1. The van der Waals surface area contributed by atoms with Gasteiger partial charge in [-0.3, -0.25) is 9.69 Å². The van der Waals surface area contributed by atoms with Crippen LogP contribution in [0.4, 0.5) is 0 Å². The number of Topliss-reactive ketones (excluding diaryl/α,β-unsaturated/α-hetero) is 1. The molecule has 0 unspecified atom stereocenters. The zero-order chi connectivity index (χ0) is 27.1. The molecule has 2 aliphatic heterocycles. The molecule has 8 atom stereocenters. The first-order valence-corrected chi connectivity index (χ1v) is 15.4. The highest BCUT2D eigenvalue weighted by molar-refractivity contribution is 5.97. The van der Waals surface area contributed by atoms with Gasteiger partial charge in [0, 0.05) is 24.6 Å². The quantitative estimate of drug-likeness (QED) is 0.522. The Bertz CT molecular complexity index is 1210. The molecular weight excluding hydrogens is 490 g/mol. The third-order valence-electron chi connectivity index (χ3n) is 12.4. The number of nitrogens with zero attached hydrogens (tertiary/aromatic N) is 1. The second-order valence-electron chi connectivity index (χ2n) is 14.0. The summed E-state index contributed by atoms with van der Waals surface area (Å²) in [4.78, 5) is 16.5. The number of methoxy groups -OCH3 is 1. The lowest BCUT2D eigenvalue weighted by atomic mass is 9.44. The third-order valence-corrected chi connectivity index (χ3v) is 12.4. The van der Waals surface area contributed by atoms with E-state index in [1.807, 2.05) is 0 Å². The maximum atomic E-state index is 14.2. The van der Waals surface area contributed by atoms with E-state index in [4.69, 9.17) is 14.2 Å². The van der Waals surface area contributed by atoms with Crippen molar-refractivity contribution in [1.82, 2.24) is 4.90 Å². The van der Waals surface area contributed by atoms with Crippen LogP contribution >= 0.6 is 0 Å². The predicted octanol–water partition coefficient (Wildman–Crippen LogP) is 5.85. The highest BCUT2D eigenvalue weighted by Gasteiger charge is 2.59. The van der Waals surface area contributed by atoms with Crippen molar-refractivity contribution in [3.8, 4) is 17.2 Å². The molecule has 0 saturated heterocycles. The average molecular weight is 536 g/mol. The first-order chi connectivity index (χ1) is 18.7. The van der Waals surface area contributed by atoms with Gasteiger partial charge in [0.1, 0.15) is 0 Å². The number of rotatable bonds is 4. The van der Waals surface area contributed by atoms with Crippen molar-refractivity contribution in [1.29, 1.82) is 0 Å². The van der Waals surface area contributed by atoms with Gasteiger partial charge in [0.2, 0.25) is 12.5 Å². The first-order valence-electron chi connectivity index (χ1n) is 15.4. The number of likely N-dealkylation sites (N-methyl/N-ethyl adjacent to an activating group) is 1. The Labute approximate surface area is 233 Å². The van der Waals surface area contributed by atoms with Crippen LogP contribution in [-0.4, -0.2) is 49.4 Å². The van der Waals surface area contributed by atoms with Crippen LogP contribution in [0.1, 0.15) is 88.8 Å². The van der Waals surface area contributed by atoms with Crippen LogP contribution in [0.3, 0.4) is 0 Å². The van der Waals surface area contributed by atoms with Gasteiger partial charge in [-0.25, -0.2) is 0 Å². The molecule has 3 fully saturated rings. The molecule has 6 nitrogen and oxygen atoms in total. The highest BCUT2D eigenvalue weighted by atomic mass is 16.7. The second-order valence-corrected chi connectivity index (χ2v) is 14.0. The van der Waals surface area contributed by atoms with E-state index in [1.54, 1.807) is 7.11 Å². The number of hydrogen-bond donors (Lipinski definition) is 1. The van der Waals surface area contributed by atoms with Crippen LogP contribution in [0.2, 0.25) is 0 Å². The Balaban J connectivity index is 1.14. The summed E-state index contributed by atoms with van der Waals surface area (Å²) in [5.41, 5.74) is 3.73. The number of aliphatic hydroxyl groups is 1. The Hall–Kier alpha value is -2.05. The zero-order valence-electron chi connectivity index (χ0n) is 24.1. The van der Waals surface area contributed by atoms with E-state index in [9.17, 15) is 9.90 Å². The summed E-state index contributed by atoms with van der Waals surface area (Å²) < 4.78 is 17.4. The van der Waals surface area contributed by atoms with E-state index in [1.165, 1.54) is 24.8 Å². The minimum atomic E-state index is -0.104. The van der Waals surface area contributed by atoms with E-state index in [0.29, 0.717) is 41.1 Å². The summed E-state index contributed by atoms with van der Waals surface area (Å²) >= 11 is 0. The Kier molecular flexibility index (Phi) is 6.13. The molecular formula is C33H45NO5. The van der Waals surface area contributed by atoms with E-state index in [0.717, 1.165) is 73.6 Å². The molecule has 4 aliphatic carbocycles. The van der Waals surface area contributed by atoms with Gasteiger partial charge in [0.15, 0.2) is 17.3 Å². The average Bonchev–Trinajstić information content (AvgIpc) is 3.53. The van der Waals surface area contributed by atoms with E-state index in [2.05, 4.69) is 37.9 Å². The van der Waals surface area contributed by atoms with Gasteiger partial charge in [0.05, 0.1) is 13.2 Å². The summed E-state index contributed by atoms with van der Waals surface area (Å²) in [6.45, 7) is 6.06. The number of carbonyl (C=O) groups excluding carboxylic acids is 1. The highest BCUT2D eigenvalue weighted by Crippen LogP contribution is 2.66. The molecule has 1 N–H and O–H groups in total. The van der Waals surface area contributed by atoms with Crippen molar-refractivity contribution < 1.29 is 24.1 Å². The molecule has 0 aromatic heterocycles. The van der Waals surface area contributed by atoms with Gasteiger partial charge in [-0.15, -0.1) is 0 Å². The number of aliphatic hydroxyl groups excluding tert-OH is 1. The fourth-order valence-electron chi connectivity index (χ4n) is 10.3. The minimum Gasteiger partial charge on any atom is -0.492 e. The van der Waals surface area contributed by atoms with Gasteiger partial charge >= 0.3 is 0 Å². The van der Waals surface area contributed by atoms with Crippen molar-refractivity contribution in [2.75, 3.05) is 27.5 Å². The van der Waals surface area contributed by atoms with E-state index in [-0.39, 0.29) is 24.4 Å². The smallest absolute Gasteiger partial charge is 0.231 e. The van der Waals surface area contributed by atoms with Crippen LogP contribution in [0.25, 0.3) is 0 Å². The molecule has 0 spiro atoms. The maximum absolute atomic E-state index is 14.2. The van der Waals surface area contributed by atoms with Gasteiger partial charge < -0.3 is 19.3 Å². The van der Waals surface area contributed by atoms with Crippen molar-refractivity contribution in [2.24, 2.45) is 34.5 Å². The van der Waals surface area contributed by atoms with Gasteiger partial charge in [-0.05, 0) is 117 Å². The van der Waals surface area contributed by atoms with Crippen molar-refractivity contribution in [3.05, 3.63) is 28.8 Å². The van der Waals surface area contributed by atoms with E-state index >= 15 is 0 Å². The summed E-state index contributed by atoms with van der Waals surface area (Å²) in [7, 11) is 3.82. The molecule has 0 bridgehead atoms. The van der Waals surface area contributed by atoms with Crippen LogP contribution in [0.15, 0.2) is 17.7 Å². The lowest BCUT2D eigenvalue weighted by Crippen LogP contribution is -2.53. The first kappa shape index (κ1) is 25.9. The maximum Gasteiger partial charge on any atom is 0.231 e. The molecule has 212 valence electrons. The lowest BCUT2D eigenvalue weighted by Gasteiger charge is -2.60. The molecule has 0 amide bonds. The normalized spacial score (nSPS) is 40.7. The molecule has 6 aliphatic rings. The fourth-order valence-corrected chi connectivity index (χ4v) is 10.3. The molecule has 2 heterocycles. The predicted molar refractivity (Wildman–Crippen MR) is 149 cm³/mol. The molecule has 6 heteroatoms. The van der Waals surface area contributed by atoms with E-state index < -0.39 is 0 Å².